The van der Waals surface area contributed by atoms with Crippen LogP contribution < -0.4 is 0 Å². The van der Waals surface area contributed by atoms with E-state index in [1.807, 2.05) is 0 Å². The van der Waals surface area contributed by atoms with Gasteiger partial charge >= 0.3 is 5.97 Å². The van der Waals surface area contributed by atoms with Crippen molar-refractivity contribution < 1.29 is 24.4 Å². The summed E-state index contributed by atoms with van der Waals surface area (Å²) in [6.07, 6.45) is 0.616. The summed E-state index contributed by atoms with van der Waals surface area (Å²) in [5, 5.41) is 27.4. The number of non-ortho nitro benzene ring substituents is 1. The Labute approximate surface area is 146 Å². The Bertz CT molecular complexity index is 851. The average molecular weight is 361 g/mol. The van der Waals surface area contributed by atoms with Gasteiger partial charge in [0.15, 0.2) is 5.69 Å². The number of rotatable bonds is 5. The smallest absolute Gasteiger partial charge is 0.306 e. The van der Waals surface area contributed by atoms with E-state index in [0.717, 1.165) is 0 Å². The van der Waals surface area contributed by atoms with Crippen molar-refractivity contribution in [1.29, 1.82) is 0 Å². The minimum absolute atomic E-state index is 0.0625. The number of aromatic nitrogens is 3. The van der Waals surface area contributed by atoms with Crippen molar-refractivity contribution in [3.05, 3.63) is 46.3 Å². The molecule has 0 saturated carbocycles. The lowest BCUT2D eigenvalue weighted by Crippen LogP contribution is -2.46. The molecule has 0 spiro atoms. The van der Waals surface area contributed by atoms with E-state index in [1.165, 1.54) is 34.0 Å². The summed E-state index contributed by atoms with van der Waals surface area (Å²) < 4.78 is 6.61. The molecule has 1 fully saturated rings. The molecule has 0 bridgehead atoms. The third-order valence-electron chi connectivity index (χ3n) is 3.85. The molecule has 1 aliphatic heterocycles. The van der Waals surface area contributed by atoms with Gasteiger partial charge in [0.1, 0.15) is 0 Å². The van der Waals surface area contributed by atoms with E-state index >= 15 is 0 Å². The summed E-state index contributed by atoms with van der Waals surface area (Å²) in [7, 11) is 0. The van der Waals surface area contributed by atoms with E-state index in [1.54, 1.807) is 6.07 Å². The standard InChI is InChI=1S/C15H15N5O6/c21-14(22)7-12-8-18(4-5-26-12)15(23)13-9-19(17-16-13)10-2-1-3-11(6-10)20(24)25/h1-3,6,9,12H,4-5,7-8H2,(H,21,22). The first-order valence-electron chi connectivity index (χ1n) is 7.74. The average Bonchev–Trinajstić information content (AvgIpc) is 3.11. The summed E-state index contributed by atoms with van der Waals surface area (Å²) in [5.41, 5.74) is 0.361. The molecule has 2 aromatic rings. The second-order valence-electron chi connectivity index (χ2n) is 5.67. The molecule has 3 rings (SSSR count). The molecule has 1 aromatic heterocycles. The van der Waals surface area contributed by atoms with Crippen LogP contribution in [0.4, 0.5) is 5.69 Å². The van der Waals surface area contributed by atoms with Crippen molar-refractivity contribution in [3.63, 3.8) is 0 Å². The molecule has 1 saturated heterocycles. The van der Waals surface area contributed by atoms with Gasteiger partial charge in [0.25, 0.3) is 11.6 Å². The molecular formula is C15H15N5O6. The Hall–Kier alpha value is -3.34. The van der Waals surface area contributed by atoms with Crippen LogP contribution >= 0.6 is 0 Å². The Morgan fingerprint density at radius 1 is 1.42 bits per heavy atom. The Balaban J connectivity index is 1.75. The van der Waals surface area contributed by atoms with E-state index in [4.69, 9.17) is 9.84 Å². The summed E-state index contributed by atoms with van der Waals surface area (Å²) >= 11 is 0. The zero-order valence-corrected chi connectivity index (χ0v) is 13.5. The molecule has 26 heavy (non-hydrogen) atoms. The van der Waals surface area contributed by atoms with Crippen molar-refractivity contribution in [2.24, 2.45) is 0 Å². The predicted octanol–water partition coefficient (Wildman–Crippen LogP) is 0.491. The topological polar surface area (TPSA) is 141 Å². The fourth-order valence-electron chi connectivity index (χ4n) is 2.62. The van der Waals surface area contributed by atoms with Crippen LogP contribution in [0.25, 0.3) is 5.69 Å². The molecular weight excluding hydrogens is 346 g/mol. The summed E-state index contributed by atoms with van der Waals surface area (Å²) in [6.45, 7) is 0.704. The molecule has 136 valence electrons. The van der Waals surface area contributed by atoms with Gasteiger partial charge in [-0.05, 0) is 6.07 Å². The van der Waals surface area contributed by atoms with Crippen molar-refractivity contribution in [1.82, 2.24) is 19.9 Å². The predicted molar refractivity (Wildman–Crippen MR) is 85.9 cm³/mol. The van der Waals surface area contributed by atoms with Gasteiger partial charge in [0.05, 0.1) is 35.9 Å². The van der Waals surface area contributed by atoms with Crippen molar-refractivity contribution >= 4 is 17.6 Å². The number of nitro benzene ring substituents is 1. The van der Waals surface area contributed by atoms with Crippen molar-refractivity contribution in [2.45, 2.75) is 12.5 Å². The number of carboxylic acids is 1. The Kier molecular flexibility index (Phi) is 4.89. The molecule has 11 heteroatoms. The minimum atomic E-state index is -0.999. The third-order valence-corrected chi connectivity index (χ3v) is 3.85. The highest BCUT2D eigenvalue weighted by molar-refractivity contribution is 5.92. The number of carboxylic acid groups (broad SMARTS) is 1. The maximum absolute atomic E-state index is 12.5. The second kappa shape index (κ2) is 7.27. The first kappa shape index (κ1) is 17.5. The number of amides is 1. The number of hydrogen-bond donors (Lipinski definition) is 1. The number of benzene rings is 1. The molecule has 2 heterocycles. The zero-order chi connectivity index (χ0) is 18.7. The summed E-state index contributed by atoms with van der Waals surface area (Å²) in [5.74, 6) is -1.40. The lowest BCUT2D eigenvalue weighted by atomic mass is 10.2. The first-order chi connectivity index (χ1) is 12.4. The van der Waals surface area contributed by atoms with Crippen molar-refractivity contribution in [2.75, 3.05) is 19.7 Å². The van der Waals surface area contributed by atoms with E-state index in [9.17, 15) is 19.7 Å². The Morgan fingerprint density at radius 2 is 2.23 bits per heavy atom. The van der Waals surface area contributed by atoms with Crippen LogP contribution in [-0.2, 0) is 9.53 Å². The monoisotopic (exact) mass is 361 g/mol. The van der Waals surface area contributed by atoms with E-state index in [2.05, 4.69) is 10.3 Å². The number of morpholine rings is 1. The fourth-order valence-corrected chi connectivity index (χ4v) is 2.62. The molecule has 1 N–H and O–H groups in total. The third kappa shape index (κ3) is 3.83. The zero-order valence-electron chi connectivity index (χ0n) is 13.5. The normalized spacial score (nSPS) is 17.1. The number of nitro groups is 1. The van der Waals surface area contributed by atoms with E-state index in [-0.39, 0.29) is 31.0 Å². The first-order valence-corrected chi connectivity index (χ1v) is 7.74. The van der Waals surface area contributed by atoms with Gasteiger partial charge in [-0.3, -0.25) is 19.7 Å². The molecule has 1 unspecified atom stereocenters. The molecule has 1 amide bonds. The second-order valence-corrected chi connectivity index (χ2v) is 5.67. The summed E-state index contributed by atoms with van der Waals surface area (Å²) in [4.78, 5) is 35.1. The van der Waals surface area contributed by atoms with Gasteiger partial charge in [-0.25, -0.2) is 4.68 Å². The summed E-state index contributed by atoms with van der Waals surface area (Å²) in [6, 6.07) is 5.78. The van der Waals surface area contributed by atoms with Gasteiger partial charge in [-0.15, -0.1) is 5.10 Å². The SMILES string of the molecule is O=C(O)CC1CN(C(=O)c2cn(-c3cccc([N+](=O)[O-])c3)nn2)CCO1. The quantitative estimate of drug-likeness (QED) is 0.599. The van der Waals surface area contributed by atoms with Crippen LogP contribution in [0, 0.1) is 10.1 Å². The molecule has 1 atom stereocenters. The van der Waals surface area contributed by atoms with Crippen LogP contribution in [0.2, 0.25) is 0 Å². The van der Waals surface area contributed by atoms with Crippen LogP contribution in [-0.4, -0.2) is 67.6 Å². The van der Waals surface area contributed by atoms with E-state index < -0.39 is 22.9 Å². The number of hydrogen-bond acceptors (Lipinski definition) is 7. The number of nitrogens with zero attached hydrogens (tertiary/aromatic N) is 5. The lowest BCUT2D eigenvalue weighted by molar-refractivity contribution is -0.384. The van der Waals surface area contributed by atoms with Gasteiger partial charge in [-0.2, -0.15) is 0 Å². The highest BCUT2D eigenvalue weighted by Crippen LogP contribution is 2.17. The highest BCUT2D eigenvalue weighted by Gasteiger charge is 2.28. The van der Waals surface area contributed by atoms with Crippen LogP contribution in [0.1, 0.15) is 16.9 Å². The van der Waals surface area contributed by atoms with Gasteiger partial charge in [-0.1, -0.05) is 11.3 Å². The van der Waals surface area contributed by atoms with Crippen molar-refractivity contribution in [3.8, 4) is 5.69 Å². The number of carbonyl (C=O) groups excluding carboxylic acids is 1. The van der Waals surface area contributed by atoms with Crippen LogP contribution in [0.3, 0.4) is 0 Å². The van der Waals surface area contributed by atoms with Crippen LogP contribution in [0.15, 0.2) is 30.5 Å². The molecule has 1 aliphatic rings. The molecule has 0 aliphatic carbocycles. The number of carbonyl (C=O) groups is 2. The largest absolute Gasteiger partial charge is 0.481 e. The van der Waals surface area contributed by atoms with E-state index in [0.29, 0.717) is 12.2 Å². The number of ether oxygens (including phenoxy) is 1. The van der Waals surface area contributed by atoms with Crippen LogP contribution in [0.5, 0.6) is 0 Å². The fraction of sp³-hybridized carbons (Fsp3) is 0.333. The van der Waals surface area contributed by atoms with Gasteiger partial charge < -0.3 is 14.7 Å². The Morgan fingerprint density at radius 3 is 2.96 bits per heavy atom. The maximum atomic E-state index is 12.5. The maximum Gasteiger partial charge on any atom is 0.306 e. The molecule has 1 aromatic carbocycles. The van der Waals surface area contributed by atoms with Gasteiger partial charge in [0.2, 0.25) is 0 Å². The minimum Gasteiger partial charge on any atom is -0.481 e. The molecule has 11 nitrogen and oxygen atoms in total. The van der Waals surface area contributed by atoms with Gasteiger partial charge in [0, 0.05) is 25.2 Å². The highest BCUT2D eigenvalue weighted by atomic mass is 16.6. The lowest BCUT2D eigenvalue weighted by Gasteiger charge is -2.31. The number of aliphatic carboxylic acids is 1. The molecule has 0 radical (unpaired) electrons.